The third kappa shape index (κ3) is 4.53. The van der Waals surface area contributed by atoms with Crippen LogP contribution in [-0.2, 0) is 9.59 Å². The van der Waals surface area contributed by atoms with Gasteiger partial charge in [0.25, 0.3) is 0 Å². The van der Waals surface area contributed by atoms with Gasteiger partial charge in [-0.1, -0.05) is 37.5 Å². The first-order valence-corrected chi connectivity index (χ1v) is 9.54. The third-order valence-corrected chi connectivity index (χ3v) is 5.42. The predicted octanol–water partition coefficient (Wildman–Crippen LogP) is 2.42. The molecule has 1 atom stereocenters. The minimum Gasteiger partial charge on any atom is -0.368 e. The van der Waals surface area contributed by atoms with E-state index in [-0.39, 0.29) is 17.7 Å². The van der Waals surface area contributed by atoms with Gasteiger partial charge in [-0.05, 0) is 31.9 Å². The van der Waals surface area contributed by atoms with Crippen LogP contribution >= 0.6 is 0 Å². The maximum atomic E-state index is 12.7. The highest BCUT2D eigenvalue weighted by molar-refractivity contribution is 5.88. The van der Waals surface area contributed by atoms with Gasteiger partial charge in [-0.3, -0.25) is 9.59 Å². The number of amides is 2. The van der Waals surface area contributed by atoms with E-state index < -0.39 is 6.04 Å². The van der Waals surface area contributed by atoms with Gasteiger partial charge in [0.05, 0.1) is 0 Å². The van der Waals surface area contributed by atoms with Crippen LogP contribution in [-0.4, -0.2) is 48.9 Å². The number of hydrogen-bond donors (Lipinski definition) is 1. The molecule has 1 saturated carbocycles. The van der Waals surface area contributed by atoms with Crippen LogP contribution < -0.4 is 10.2 Å². The summed E-state index contributed by atoms with van der Waals surface area (Å²) in [5.74, 6) is 0.194. The van der Waals surface area contributed by atoms with Gasteiger partial charge in [0, 0.05) is 37.8 Å². The number of benzene rings is 1. The zero-order valence-corrected chi connectivity index (χ0v) is 15.1. The standard InChI is InChI=1S/C20H29N3O2/c1-16(21-19(24)17-8-4-2-5-9-17)20(25)23-14-12-22(13-15-23)18-10-6-3-7-11-18/h3,6-7,10-11,16-17H,2,4-5,8-9,12-15H2,1H3,(H,21,24)/t16-/m1/s1. The third-order valence-electron chi connectivity index (χ3n) is 5.42. The van der Waals surface area contributed by atoms with Crippen molar-refractivity contribution in [2.75, 3.05) is 31.1 Å². The first kappa shape index (κ1) is 17.8. The fourth-order valence-corrected chi connectivity index (χ4v) is 3.86. The van der Waals surface area contributed by atoms with E-state index in [1.807, 2.05) is 30.0 Å². The van der Waals surface area contributed by atoms with E-state index >= 15 is 0 Å². The highest BCUT2D eigenvalue weighted by Crippen LogP contribution is 2.23. The summed E-state index contributed by atoms with van der Waals surface area (Å²) in [5, 5.41) is 2.95. The van der Waals surface area contributed by atoms with E-state index in [1.54, 1.807) is 0 Å². The second-order valence-corrected chi connectivity index (χ2v) is 7.21. The second-order valence-electron chi connectivity index (χ2n) is 7.21. The molecule has 1 aromatic carbocycles. The monoisotopic (exact) mass is 343 g/mol. The number of nitrogens with zero attached hydrogens (tertiary/aromatic N) is 2. The highest BCUT2D eigenvalue weighted by Gasteiger charge is 2.28. The molecule has 0 unspecified atom stereocenters. The summed E-state index contributed by atoms with van der Waals surface area (Å²) in [5.41, 5.74) is 1.20. The normalized spacial score (nSPS) is 20.2. The van der Waals surface area contributed by atoms with Crippen LogP contribution in [0.4, 0.5) is 5.69 Å². The Morgan fingerprint density at radius 3 is 2.28 bits per heavy atom. The first-order valence-electron chi connectivity index (χ1n) is 9.54. The molecular weight excluding hydrogens is 314 g/mol. The maximum Gasteiger partial charge on any atom is 0.244 e. The number of para-hydroxylation sites is 1. The first-order chi connectivity index (χ1) is 12.1. The van der Waals surface area contributed by atoms with Gasteiger partial charge < -0.3 is 15.1 Å². The van der Waals surface area contributed by atoms with Crippen molar-refractivity contribution in [3.8, 4) is 0 Å². The average Bonchev–Trinajstić information content (AvgIpc) is 2.69. The number of carbonyl (C=O) groups is 2. The molecule has 0 bridgehead atoms. The van der Waals surface area contributed by atoms with Crippen LogP contribution in [0.25, 0.3) is 0 Å². The summed E-state index contributed by atoms with van der Waals surface area (Å²) >= 11 is 0. The average molecular weight is 343 g/mol. The lowest BCUT2D eigenvalue weighted by molar-refractivity contribution is -0.137. The van der Waals surface area contributed by atoms with Crippen molar-refractivity contribution in [2.45, 2.75) is 45.1 Å². The van der Waals surface area contributed by atoms with Gasteiger partial charge in [-0.2, -0.15) is 0 Å². The Balaban J connectivity index is 1.47. The zero-order valence-electron chi connectivity index (χ0n) is 15.1. The van der Waals surface area contributed by atoms with Crippen LogP contribution in [0.3, 0.4) is 0 Å². The van der Waals surface area contributed by atoms with Crippen LogP contribution in [0.2, 0.25) is 0 Å². The summed E-state index contributed by atoms with van der Waals surface area (Å²) < 4.78 is 0. The molecular formula is C20H29N3O2. The van der Waals surface area contributed by atoms with Gasteiger partial charge in [0.1, 0.15) is 6.04 Å². The summed E-state index contributed by atoms with van der Waals surface area (Å²) in [6, 6.07) is 9.86. The Kier molecular flexibility index (Phi) is 5.95. The van der Waals surface area contributed by atoms with Crippen molar-refractivity contribution in [1.82, 2.24) is 10.2 Å². The number of piperazine rings is 1. The molecule has 25 heavy (non-hydrogen) atoms. The highest BCUT2D eigenvalue weighted by atomic mass is 16.2. The van der Waals surface area contributed by atoms with E-state index in [1.165, 1.54) is 12.1 Å². The van der Waals surface area contributed by atoms with Crippen LogP contribution in [0.5, 0.6) is 0 Å². The number of carbonyl (C=O) groups excluding carboxylic acids is 2. The lowest BCUT2D eigenvalue weighted by Gasteiger charge is -2.37. The van der Waals surface area contributed by atoms with Crippen LogP contribution in [0.1, 0.15) is 39.0 Å². The maximum absolute atomic E-state index is 12.7. The minimum atomic E-state index is -0.433. The van der Waals surface area contributed by atoms with Crippen LogP contribution in [0, 0.1) is 5.92 Å². The molecule has 2 aliphatic rings. The topological polar surface area (TPSA) is 52.7 Å². The largest absolute Gasteiger partial charge is 0.368 e. The van der Waals surface area contributed by atoms with Gasteiger partial charge in [-0.15, -0.1) is 0 Å². The SMILES string of the molecule is C[C@@H](NC(=O)C1CCCCC1)C(=O)N1CCN(c2ccccc2)CC1. The Hall–Kier alpha value is -2.04. The zero-order chi connectivity index (χ0) is 17.6. The lowest BCUT2D eigenvalue weighted by atomic mass is 9.88. The molecule has 1 heterocycles. The molecule has 1 N–H and O–H groups in total. The molecule has 0 radical (unpaired) electrons. The quantitative estimate of drug-likeness (QED) is 0.913. The number of rotatable bonds is 4. The van der Waals surface area contributed by atoms with E-state index in [0.717, 1.165) is 38.8 Å². The summed E-state index contributed by atoms with van der Waals surface area (Å²) in [6.07, 6.45) is 5.40. The van der Waals surface area contributed by atoms with E-state index in [9.17, 15) is 9.59 Å². The second kappa shape index (κ2) is 8.37. The van der Waals surface area contributed by atoms with Crippen molar-refractivity contribution >= 4 is 17.5 Å². The van der Waals surface area contributed by atoms with E-state index in [0.29, 0.717) is 13.1 Å². The van der Waals surface area contributed by atoms with Crippen molar-refractivity contribution < 1.29 is 9.59 Å². The fourth-order valence-electron chi connectivity index (χ4n) is 3.86. The fraction of sp³-hybridized carbons (Fsp3) is 0.600. The van der Waals surface area contributed by atoms with Crippen molar-refractivity contribution in [3.05, 3.63) is 30.3 Å². The Bertz CT molecular complexity index is 576. The van der Waals surface area contributed by atoms with Crippen molar-refractivity contribution in [2.24, 2.45) is 5.92 Å². The summed E-state index contributed by atoms with van der Waals surface area (Å²) in [7, 11) is 0. The van der Waals surface area contributed by atoms with Gasteiger partial charge >= 0.3 is 0 Å². The molecule has 3 rings (SSSR count). The van der Waals surface area contributed by atoms with Gasteiger partial charge in [0.2, 0.25) is 11.8 Å². The molecule has 1 saturated heterocycles. The van der Waals surface area contributed by atoms with Crippen LogP contribution in [0.15, 0.2) is 30.3 Å². The number of anilines is 1. The van der Waals surface area contributed by atoms with Gasteiger partial charge in [-0.25, -0.2) is 0 Å². The summed E-state index contributed by atoms with van der Waals surface area (Å²) in [4.78, 5) is 29.2. The Morgan fingerprint density at radius 1 is 1.00 bits per heavy atom. The lowest BCUT2D eigenvalue weighted by Crippen LogP contribution is -2.54. The molecule has 0 spiro atoms. The molecule has 2 amide bonds. The molecule has 2 fully saturated rings. The molecule has 1 aromatic rings. The minimum absolute atomic E-state index is 0.0388. The molecule has 136 valence electrons. The van der Waals surface area contributed by atoms with Crippen molar-refractivity contribution in [1.29, 1.82) is 0 Å². The molecule has 5 heteroatoms. The predicted molar refractivity (Wildman–Crippen MR) is 99.4 cm³/mol. The molecule has 5 nitrogen and oxygen atoms in total. The smallest absolute Gasteiger partial charge is 0.244 e. The summed E-state index contributed by atoms with van der Waals surface area (Å²) in [6.45, 7) is 4.89. The number of nitrogens with one attached hydrogen (secondary N) is 1. The van der Waals surface area contributed by atoms with Gasteiger partial charge in [0.15, 0.2) is 0 Å². The van der Waals surface area contributed by atoms with E-state index in [4.69, 9.17) is 0 Å². The Labute approximate surface area is 150 Å². The Morgan fingerprint density at radius 2 is 1.64 bits per heavy atom. The molecule has 0 aromatic heterocycles. The van der Waals surface area contributed by atoms with E-state index in [2.05, 4.69) is 22.3 Å². The van der Waals surface area contributed by atoms with Crippen molar-refractivity contribution in [3.63, 3.8) is 0 Å². The molecule has 1 aliphatic carbocycles. The number of hydrogen-bond acceptors (Lipinski definition) is 3. The molecule has 1 aliphatic heterocycles.